The number of non-ortho nitro benzene ring substituents is 1. The van der Waals surface area contributed by atoms with E-state index in [1.54, 1.807) is 12.3 Å². The summed E-state index contributed by atoms with van der Waals surface area (Å²) in [6.45, 7) is 3.88. The number of fused-ring (bicyclic) bond motifs is 1. The molecule has 0 bridgehead atoms. The Labute approximate surface area is 223 Å². The summed E-state index contributed by atoms with van der Waals surface area (Å²) < 4.78 is 0. The Hall–Kier alpha value is -5.25. The smallest absolute Gasteiger partial charge is 0.270 e. The van der Waals surface area contributed by atoms with Gasteiger partial charge >= 0.3 is 0 Å². The van der Waals surface area contributed by atoms with Crippen molar-refractivity contribution in [2.24, 2.45) is 4.99 Å². The lowest BCUT2D eigenvalue weighted by atomic mass is 9.98. The predicted molar refractivity (Wildman–Crippen MR) is 150 cm³/mol. The molecule has 10 heteroatoms. The Kier molecular flexibility index (Phi) is 6.92. The van der Waals surface area contributed by atoms with Crippen LogP contribution in [0.2, 0.25) is 0 Å². The van der Waals surface area contributed by atoms with Crippen LogP contribution in [-0.2, 0) is 11.2 Å². The van der Waals surface area contributed by atoms with Crippen LogP contribution < -0.4 is 5.32 Å². The van der Waals surface area contributed by atoms with Crippen LogP contribution in [0.5, 0.6) is 5.88 Å². The van der Waals surface area contributed by atoms with Crippen molar-refractivity contribution < 1.29 is 14.8 Å². The summed E-state index contributed by atoms with van der Waals surface area (Å²) in [6.07, 6.45) is 2.43. The summed E-state index contributed by atoms with van der Waals surface area (Å²) in [4.78, 5) is 37.5. The normalized spacial score (nSPS) is 11.6. The van der Waals surface area contributed by atoms with E-state index in [9.17, 15) is 20.0 Å². The van der Waals surface area contributed by atoms with Gasteiger partial charge in [0, 0.05) is 42.1 Å². The van der Waals surface area contributed by atoms with Crippen molar-refractivity contribution in [3.8, 4) is 17.1 Å². The molecule has 0 aliphatic heterocycles. The van der Waals surface area contributed by atoms with Crippen LogP contribution >= 0.6 is 0 Å². The molecule has 10 nitrogen and oxygen atoms in total. The molecular weight excluding hydrogens is 496 g/mol. The van der Waals surface area contributed by atoms with Crippen molar-refractivity contribution in [2.75, 3.05) is 6.54 Å². The number of nitrogens with zero attached hydrogens (tertiary/aromatic N) is 3. The minimum Gasteiger partial charge on any atom is -0.494 e. The first-order valence-corrected chi connectivity index (χ1v) is 12.3. The minimum absolute atomic E-state index is 0.0846. The molecule has 0 unspecified atom stereocenters. The predicted octanol–water partition coefficient (Wildman–Crippen LogP) is 5.33. The number of aryl methyl sites for hydroxylation is 1. The van der Waals surface area contributed by atoms with E-state index in [0.29, 0.717) is 46.4 Å². The van der Waals surface area contributed by atoms with Crippen molar-refractivity contribution in [1.82, 2.24) is 20.3 Å². The number of amides is 1. The number of H-pyrrole nitrogens is 2. The van der Waals surface area contributed by atoms with Gasteiger partial charge in [0.25, 0.3) is 5.69 Å². The Morgan fingerprint density at radius 2 is 1.82 bits per heavy atom. The van der Waals surface area contributed by atoms with Gasteiger partial charge in [-0.2, -0.15) is 0 Å². The highest BCUT2D eigenvalue weighted by Gasteiger charge is 2.21. The molecule has 3 aromatic carbocycles. The number of nitrogens with one attached hydrogen (secondary N) is 3. The second kappa shape index (κ2) is 10.6. The summed E-state index contributed by atoms with van der Waals surface area (Å²) in [7, 11) is 0. The fourth-order valence-electron chi connectivity index (χ4n) is 4.41. The van der Waals surface area contributed by atoms with E-state index in [0.717, 1.165) is 22.6 Å². The number of imidazole rings is 1. The maximum Gasteiger partial charge on any atom is 0.270 e. The molecule has 0 spiro atoms. The van der Waals surface area contributed by atoms with E-state index < -0.39 is 4.92 Å². The summed E-state index contributed by atoms with van der Waals surface area (Å²) in [6, 6.07) is 19.6. The molecular formula is C29H26N6O4. The molecule has 5 aromatic rings. The SMILES string of the molecule is CC(=O)NCCc1ccc(C(=Nc2ccc(-c3cnc(C)[nH]3)cc2)c2c(O)[nH]c3ccc([N+](=O)[O-])cc23)cc1. The summed E-state index contributed by atoms with van der Waals surface area (Å²) in [5, 5.41) is 25.7. The van der Waals surface area contributed by atoms with Gasteiger partial charge in [-0.3, -0.25) is 14.9 Å². The zero-order chi connectivity index (χ0) is 27.5. The quantitative estimate of drug-likeness (QED) is 0.123. The largest absolute Gasteiger partial charge is 0.494 e. The molecule has 196 valence electrons. The number of benzene rings is 3. The Morgan fingerprint density at radius 3 is 2.46 bits per heavy atom. The third-order valence-electron chi connectivity index (χ3n) is 6.35. The van der Waals surface area contributed by atoms with E-state index in [1.807, 2.05) is 55.5 Å². The van der Waals surface area contributed by atoms with Gasteiger partial charge in [-0.05, 0) is 42.7 Å². The number of hydrogen-bond acceptors (Lipinski definition) is 6. The molecule has 0 aliphatic carbocycles. The van der Waals surface area contributed by atoms with Crippen molar-refractivity contribution >= 4 is 33.9 Å². The number of nitro groups is 1. The fourth-order valence-corrected chi connectivity index (χ4v) is 4.41. The molecule has 0 radical (unpaired) electrons. The molecule has 1 amide bonds. The minimum atomic E-state index is -0.468. The third kappa shape index (κ3) is 5.54. The second-order valence-corrected chi connectivity index (χ2v) is 9.16. The lowest BCUT2D eigenvalue weighted by Crippen LogP contribution is -2.22. The Bertz CT molecular complexity index is 1700. The number of aromatic nitrogens is 3. The number of rotatable bonds is 8. The molecule has 2 aromatic heterocycles. The van der Waals surface area contributed by atoms with Crippen LogP contribution in [0.3, 0.4) is 0 Å². The van der Waals surface area contributed by atoms with Gasteiger partial charge in [-0.25, -0.2) is 9.98 Å². The van der Waals surface area contributed by atoms with Gasteiger partial charge in [0.1, 0.15) is 5.82 Å². The second-order valence-electron chi connectivity index (χ2n) is 9.16. The number of carbonyl (C=O) groups is 1. The molecule has 0 fully saturated rings. The van der Waals surface area contributed by atoms with Crippen LogP contribution in [-0.4, -0.2) is 43.1 Å². The lowest BCUT2D eigenvalue weighted by Gasteiger charge is -2.10. The van der Waals surface area contributed by atoms with Gasteiger partial charge in [-0.1, -0.05) is 36.4 Å². The first kappa shape index (κ1) is 25.4. The van der Waals surface area contributed by atoms with Crippen molar-refractivity contribution in [2.45, 2.75) is 20.3 Å². The number of carbonyl (C=O) groups excluding carboxylic acids is 1. The van der Waals surface area contributed by atoms with Crippen molar-refractivity contribution in [1.29, 1.82) is 0 Å². The Balaban J connectivity index is 1.59. The highest BCUT2D eigenvalue weighted by atomic mass is 16.6. The standard InChI is InChI=1S/C29H26N6O4/c1-17-31-16-26(32-17)20-7-9-22(10-8-20)33-28(21-5-3-19(4-6-21)13-14-30-18(2)36)27-24-15-23(35(38)39)11-12-25(24)34-29(27)37/h3-12,15-16,34,37H,13-14H2,1-2H3,(H,30,36)(H,31,32). The first-order chi connectivity index (χ1) is 18.8. The van der Waals surface area contributed by atoms with E-state index in [-0.39, 0.29) is 17.5 Å². The monoisotopic (exact) mass is 522 g/mol. The zero-order valence-electron chi connectivity index (χ0n) is 21.4. The molecule has 39 heavy (non-hydrogen) atoms. The number of aliphatic imine (C=N–C) groups is 1. The third-order valence-corrected chi connectivity index (χ3v) is 6.35. The number of hydrogen-bond donors (Lipinski definition) is 4. The van der Waals surface area contributed by atoms with Crippen LogP contribution in [0, 0.1) is 17.0 Å². The van der Waals surface area contributed by atoms with E-state index in [1.165, 1.54) is 19.1 Å². The topological polar surface area (TPSA) is 149 Å². The maximum absolute atomic E-state index is 11.5. The van der Waals surface area contributed by atoms with Crippen LogP contribution in [0.25, 0.3) is 22.2 Å². The maximum atomic E-state index is 11.5. The molecule has 0 saturated heterocycles. The average molecular weight is 523 g/mol. The molecule has 0 aliphatic rings. The highest BCUT2D eigenvalue weighted by molar-refractivity contribution is 6.22. The lowest BCUT2D eigenvalue weighted by molar-refractivity contribution is -0.384. The van der Waals surface area contributed by atoms with Gasteiger partial charge in [-0.15, -0.1) is 0 Å². The van der Waals surface area contributed by atoms with Crippen LogP contribution in [0.1, 0.15) is 29.4 Å². The molecule has 5 rings (SSSR count). The molecule has 4 N–H and O–H groups in total. The van der Waals surface area contributed by atoms with Gasteiger partial charge in [0.2, 0.25) is 5.91 Å². The summed E-state index contributed by atoms with van der Waals surface area (Å²) in [5.41, 5.74) is 5.50. The van der Waals surface area contributed by atoms with E-state index in [4.69, 9.17) is 4.99 Å². The average Bonchev–Trinajstić information content (AvgIpc) is 3.49. The van der Waals surface area contributed by atoms with Crippen molar-refractivity contribution in [3.63, 3.8) is 0 Å². The number of aromatic hydroxyl groups is 1. The Morgan fingerprint density at radius 1 is 1.08 bits per heavy atom. The fraction of sp³-hybridized carbons (Fsp3) is 0.138. The van der Waals surface area contributed by atoms with Gasteiger partial charge < -0.3 is 20.4 Å². The summed E-state index contributed by atoms with van der Waals surface area (Å²) in [5.74, 6) is 0.598. The van der Waals surface area contributed by atoms with E-state index in [2.05, 4.69) is 20.3 Å². The van der Waals surface area contributed by atoms with Crippen LogP contribution in [0.15, 0.2) is 77.9 Å². The molecule has 2 heterocycles. The van der Waals surface area contributed by atoms with Crippen LogP contribution in [0.4, 0.5) is 11.4 Å². The molecule has 0 saturated carbocycles. The number of aromatic amines is 2. The highest BCUT2D eigenvalue weighted by Crippen LogP contribution is 2.34. The van der Waals surface area contributed by atoms with Crippen molar-refractivity contribution in [3.05, 3.63) is 106 Å². The van der Waals surface area contributed by atoms with Gasteiger partial charge in [0.05, 0.1) is 33.8 Å². The first-order valence-electron chi connectivity index (χ1n) is 12.3. The number of nitro benzene ring substituents is 1. The zero-order valence-corrected chi connectivity index (χ0v) is 21.4. The van der Waals surface area contributed by atoms with Gasteiger partial charge in [0.15, 0.2) is 5.88 Å². The summed E-state index contributed by atoms with van der Waals surface area (Å²) >= 11 is 0. The van der Waals surface area contributed by atoms with E-state index >= 15 is 0 Å². The molecule has 0 atom stereocenters.